The van der Waals surface area contributed by atoms with Gasteiger partial charge in [0.2, 0.25) is 0 Å². The summed E-state index contributed by atoms with van der Waals surface area (Å²) in [6.07, 6.45) is 1.89. The van der Waals surface area contributed by atoms with Crippen LogP contribution in [0.2, 0.25) is 0 Å². The molecule has 0 radical (unpaired) electrons. The highest BCUT2D eigenvalue weighted by atomic mass is 32.2. The van der Waals surface area contributed by atoms with Crippen molar-refractivity contribution in [2.45, 2.75) is 38.0 Å². The van der Waals surface area contributed by atoms with Crippen LogP contribution in [0.5, 0.6) is 0 Å². The van der Waals surface area contributed by atoms with E-state index in [0.717, 1.165) is 5.69 Å². The second kappa shape index (κ2) is 6.81. The van der Waals surface area contributed by atoms with Crippen LogP contribution in [0.4, 0.5) is 5.69 Å². The van der Waals surface area contributed by atoms with Crippen LogP contribution >= 0.6 is 11.8 Å². The number of nitrogen functional groups attached to an aromatic ring is 1. The minimum atomic E-state index is -0.319. The lowest BCUT2D eigenvalue weighted by Crippen LogP contribution is -2.41. The van der Waals surface area contributed by atoms with Crippen LogP contribution in [0, 0.1) is 0 Å². The third kappa shape index (κ3) is 3.63. The summed E-state index contributed by atoms with van der Waals surface area (Å²) in [7, 11) is 0. The molecule has 1 heterocycles. The van der Waals surface area contributed by atoms with E-state index in [9.17, 15) is 9.90 Å². The molecule has 2 unspecified atom stereocenters. The second-order valence-electron chi connectivity index (χ2n) is 4.77. The lowest BCUT2D eigenvalue weighted by molar-refractivity contribution is 0.0932. The molecular formula is C12H22N4O2S. The number of hydrogen-bond donors (Lipinski definition) is 4. The number of nitrogens with zero attached hydrogens (tertiary/aromatic N) is 1. The van der Waals surface area contributed by atoms with Gasteiger partial charge < -0.3 is 16.2 Å². The Morgan fingerprint density at radius 2 is 2.16 bits per heavy atom. The number of carbonyl (C=O) groups excluding carboxylic acids is 1. The summed E-state index contributed by atoms with van der Waals surface area (Å²) < 4.78 is 0. The Bertz CT molecular complexity index is 429. The molecule has 0 spiro atoms. The average molecular weight is 286 g/mol. The van der Waals surface area contributed by atoms with Crippen LogP contribution in [0.1, 0.15) is 42.9 Å². The Kier molecular flexibility index (Phi) is 5.68. The van der Waals surface area contributed by atoms with Crippen molar-refractivity contribution in [2.24, 2.45) is 0 Å². The summed E-state index contributed by atoms with van der Waals surface area (Å²) in [5, 5.41) is 18.7. The number of rotatable bonds is 6. The number of anilines is 1. The molecule has 2 atom stereocenters. The van der Waals surface area contributed by atoms with Gasteiger partial charge in [0.15, 0.2) is 5.69 Å². The number of thioether (sulfide) groups is 1. The van der Waals surface area contributed by atoms with Crippen molar-refractivity contribution in [2.75, 3.05) is 18.6 Å². The Labute approximate surface area is 117 Å². The number of aromatic amines is 1. The zero-order valence-electron chi connectivity index (χ0n) is 11.7. The number of H-pyrrole nitrogens is 1. The molecule has 7 heteroatoms. The Hall–Kier alpha value is -1.21. The van der Waals surface area contributed by atoms with Crippen LogP contribution in [0.3, 0.4) is 0 Å². The van der Waals surface area contributed by atoms with Gasteiger partial charge in [0.25, 0.3) is 5.91 Å². The van der Waals surface area contributed by atoms with E-state index in [0.29, 0.717) is 5.69 Å². The maximum absolute atomic E-state index is 12.1. The van der Waals surface area contributed by atoms with Gasteiger partial charge in [0.05, 0.1) is 18.0 Å². The number of carbonyl (C=O) groups is 1. The molecule has 0 aliphatic heterocycles. The van der Waals surface area contributed by atoms with Crippen molar-refractivity contribution in [3.8, 4) is 0 Å². The fourth-order valence-corrected chi connectivity index (χ4v) is 2.41. The summed E-state index contributed by atoms with van der Waals surface area (Å²) in [5.41, 5.74) is 7.29. The predicted molar refractivity (Wildman–Crippen MR) is 78.4 cm³/mol. The van der Waals surface area contributed by atoms with Gasteiger partial charge in [-0.1, -0.05) is 13.8 Å². The van der Waals surface area contributed by atoms with Gasteiger partial charge in [-0.3, -0.25) is 9.89 Å². The van der Waals surface area contributed by atoms with Gasteiger partial charge in [-0.05, 0) is 19.1 Å². The fourth-order valence-electron chi connectivity index (χ4n) is 1.78. The van der Waals surface area contributed by atoms with Crippen LogP contribution in [-0.2, 0) is 0 Å². The monoisotopic (exact) mass is 286 g/mol. The van der Waals surface area contributed by atoms with Crippen molar-refractivity contribution < 1.29 is 9.90 Å². The van der Waals surface area contributed by atoms with Crippen LogP contribution in [-0.4, -0.2) is 45.4 Å². The van der Waals surface area contributed by atoms with Crippen LogP contribution in [0.15, 0.2) is 0 Å². The van der Waals surface area contributed by atoms with Gasteiger partial charge >= 0.3 is 0 Å². The lowest BCUT2D eigenvalue weighted by atomic mass is 10.1. The van der Waals surface area contributed by atoms with Gasteiger partial charge in [-0.25, -0.2) is 0 Å². The van der Waals surface area contributed by atoms with Crippen molar-refractivity contribution in [3.05, 3.63) is 11.4 Å². The van der Waals surface area contributed by atoms with E-state index in [4.69, 9.17) is 5.73 Å². The van der Waals surface area contributed by atoms with E-state index in [1.54, 1.807) is 0 Å². The van der Waals surface area contributed by atoms with Gasteiger partial charge in [-0.2, -0.15) is 16.9 Å². The molecule has 19 heavy (non-hydrogen) atoms. The first-order chi connectivity index (χ1) is 8.92. The second-order valence-corrected chi connectivity index (χ2v) is 5.85. The topological polar surface area (TPSA) is 104 Å². The maximum Gasteiger partial charge on any atom is 0.274 e. The highest BCUT2D eigenvalue weighted by molar-refractivity contribution is 7.99. The lowest BCUT2D eigenvalue weighted by Gasteiger charge is -2.20. The van der Waals surface area contributed by atoms with Crippen molar-refractivity contribution in [1.82, 2.24) is 15.5 Å². The standard InChI is InChI=1S/C12H22N4O2S/c1-6(2)10-9(13)11(16-15-10)12(18)14-7(3)8(5-17)19-4/h6-8,17H,5,13H2,1-4H3,(H,14,18)(H,15,16). The van der Waals surface area contributed by atoms with E-state index in [1.807, 2.05) is 27.0 Å². The first-order valence-electron chi connectivity index (χ1n) is 6.20. The number of aliphatic hydroxyl groups is 1. The molecule has 0 aliphatic carbocycles. The van der Waals surface area contributed by atoms with Gasteiger partial charge in [0.1, 0.15) is 0 Å². The van der Waals surface area contributed by atoms with Crippen molar-refractivity contribution in [1.29, 1.82) is 0 Å². The Morgan fingerprint density at radius 3 is 2.58 bits per heavy atom. The first-order valence-corrected chi connectivity index (χ1v) is 7.49. The van der Waals surface area contributed by atoms with E-state index in [2.05, 4.69) is 15.5 Å². The smallest absolute Gasteiger partial charge is 0.274 e. The molecule has 0 fully saturated rings. The molecule has 108 valence electrons. The zero-order chi connectivity index (χ0) is 14.6. The third-order valence-electron chi connectivity index (χ3n) is 3.03. The van der Waals surface area contributed by atoms with Crippen LogP contribution in [0.25, 0.3) is 0 Å². The SMILES string of the molecule is CSC(CO)C(C)NC(=O)c1n[nH]c(C(C)C)c1N. The largest absolute Gasteiger partial charge is 0.395 e. The third-order valence-corrected chi connectivity index (χ3v) is 4.19. The molecule has 5 N–H and O–H groups in total. The minimum absolute atomic E-state index is 0.00983. The molecule has 6 nitrogen and oxygen atoms in total. The van der Waals surface area contributed by atoms with Crippen LogP contribution < -0.4 is 11.1 Å². The minimum Gasteiger partial charge on any atom is -0.395 e. The summed E-state index contributed by atoms with van der Waals surface area (Å²) in [6.45, 7) is 5.81. The maximum atomic E-state index is 12.1. The number of aliphatic hydroxyl groups excluding tert-OH is 1. The molecule has 0 aromatic carbocycles. The predicted octanol–water partition coefficient (Wildman–Crippen LogP) is 0.957. The van der Waals surface area contributed by atoms with Gasteiger partial charge in [0, 0.05) is 11.3 Å². The molecule has 1 aromatic rings. The highest BCUT2D eigenvalue weighted by Crippen LogP contribution is 2.22. The fraction of sp³-hybridized carbons (Fsp3) is 0.667. The number of hydrogen-bond acceptors (Lipinski definition) is 5. The normalized spacial score (nSPS) is 14.4. The number of amides is 1. The summed E-state index contributed by atoms with van der Waals surface area (Å²) in [6, 6.07) is -0.161. The molecule has 0 saturated carbocycles. The molecular weight excluding hydrogens is 264 g/mol. The zero-order valence-corrected chi connectivity index (χ0v) is 12.5. The Morgan fingerprint density at radius 1 is 1.53 bits per heavy atom. The van der Waals surface area contributed by atoms with Crippen molar-refractivity contribution >= 4 is 23.4 Å². The summed E-state index contributed by atoms with van der Waals surface area (Å²) >= 11 is 1.51. The van der Waals surface area contributed by atoms with Crippen molar-refractivity contribution in [3.63, 3.8) is 0 Å². The quantitative estimate of drug-likeness (QED) is 0.623. The average Bonchev–Trinajstić information content (AvgIpc) is 2.72. The highest BCUT2D eigenvalue weighted by Gasteiger charge is 2.23. The first kappa shape index (κ1) is 15.8. The molecule has 1 aromatic heterocycles. The van der Waals surface area contributed by atoms with E-state index in [-0.39, 0.29) is 35.4 Å². The van der Waals surface area contributed by atoms with E-state index in [1.165, 1.54) is 11.8 Å². The molecule has 0 aliphatic rings. The summed E-state index contributed by atoms with van der Waals surface area (Å²) in [5.74, 6) is -0.136. The number of aromatic nitrogens is 2. The Balaban J connectivity index is 2.79. The summed E-state index contributed by atoms with van der Waals surface area (Å²) in [4.78, 5) is 12.1. The molecule has 1 amide bonds. The molecule has 1 rings (SSSR count). The molecule has 0 bridgehead atoms. The molecule has 0 saturated heterocycles. The van der Waals surface area contributed by atoms with E-state index >= 15 is 0 Å². The number of nitrogens with two attached hydrogens (primary N) is 1. The van der Waals surface area contributed by atoms with Gasteiger partial charge in [-0.15, -0.1) is 0 Å². The van der Waals surface area contributed by atoms with E-state index < -0.39 is 0 Å². The number of nitrogens with one attached hydrogen (secondary N) is 2.